The third-order valence-corrected chi connectivity index (χ3v) is 4.37. The second-order valence-electron chi connectivity index (χ2n) is 6.55. The number of hydrogen-bond donors (Lipinski definition) is 2. The molecule has 9 heteroatoms. The lowest BCUT2D eigenvalue weighted by Crippen LogP contribution is -2.40. The molecule has 2 amide bonds. The first-order valence-electron chi connectivity index (χ1n) is 9.18. The van der Waals surface area contributed by atoms with E-state index in [0.29, 0.717) is 17.9 Å². The van der Waals surface area contributed by atoms with Gasteiger partial charge in [0.25, 0.3) is 11.6 Å². The number of nitro benzene ring substituents is 1. The van der Waals surface area contributed by atoms with Gasteiger partial charge in [-0.2, -0.15) is 5.10 Å². The molecular formula is C20H21N5O4. The van der Waals surface area contributed by atoms with Crippen molar-refractivity contribution in [3.8, 4) is 0 Å². The molecule has 2 aromatic rings. The Morgan fingerprint density at radius 3 is 2.72 bits per heavy atom. The lowest BCUT2D eigenvalue weighted by molar-refractivity contribution is -0.384. The molecule has 0 saturated carbocycles. The minimum atomic E-state index is -0.464. The van der Waals surface area contributed by atoms with Crippen molar-refractivity contribution in [2.45, 2.75) is 19.8 Å². The molecule has 2 N–H and O–H groups in total. The maximum atomic E-state index is 12.4. The summed E-state index contributed by atoms with van der Waals surface area (Å²) in [4.78, 5) is 35.2. The highest BCUT2D eigenvalue weighted by Crippen LogP contribution is 2.23. The van der Waals surface area contributed by atoms with Crippen molar-refractivity contribution in [1.29, 1.82) is 0 Å². The van der Waals surface area contributed by atoms with E-state index in [-0.39, 0.29) is 42.6 Å². The highest BCUT2D eigenvalue weighted by molar-refractivity contribution is 6.40. The summed E-state index contributed by atoms with van der Waals surface area (Å²) in [6.45, 7) is 2.48. The van der Waals surface area contributed by atoms with Crippen LogP contribution in [0.4, 0.5) is 17.1 Å². The van der Waals surface area contributed by atoms with Crippen LogP contribution in [0.3, 0.4) is 0 Å². The second-order valence-corrected chi connectivity index (χ2v) is 6.55. The van der Waals surface area contributed by atoms with E-state index < -0.39 is 4.92 Å². The van der Waals surface area contributed by atoms with Crippen molar-refractivity contribution >= 4 is 34.6 Å². The average molecular weight is 395 g/mol. The number of hydrogen-bond acceptors (Lipinski definition) is 6. The number of anilines is 2. The number of nitrogens with one attached hydrogen (secondary N) is 2. The molecule has 2 aromatic carbocycles. The maximum absolute atomic E-state index is 12.4. The Morgan fingerprint density at radius 1 is 1.17 bits per heavy atom. The van der Waals surface area contributed by atoms with Crippen molar-refractivity contribution in [2.24, 2.45) is 5.10 Å². The summed E-state index contributed by atoms with van der Waals surface area (Å²) < 4.78 is 0. The van der Waals surface area contributed by atoms with E-state index in [0.717, 1.165) is 5.56 Å². The van der Waals surface area contributed by atoms with E-state index in [1.165, 1.54) is 11.1 Å². The normalized spacial score (nSPS) is 13.6. The molecule has 0 saturated heterocycles. The molecule has 29 heavy (non-hydrogen) atoms. The van der Waals surface area contributed by atoms with Crippen LogP contribution in [0.25, 0.3) is 0 Å². The Labute approximate surface area is 167 Å². The zero-order valence-corrected chi connectivity index (χ0v) is 15.9. The number of carbonyl (C=O) groups is 2. The van der Waals surface area contributed by atoms with Gasteiger partial charge in [0, 0.05) is 32.0 Å². The molecule has 0 unspecified atom stereocenters. The van der Waals surface area contributed by atoms with Gasteiger partial charge in [-0.05, 0) is 30.7 Å². The van der Waals surface area contributed by atoms with Crippen molar-refractivity contribution in [1.82, 2.24) is 5.32 Å². The highest BCUT2D eigenvalue weighted by atomic mass is 16.6. The highest BCUT2D eigenvalue weighted by Gasteiger charge is 2.25. The summed E-state index contributed by atoms with van der Waals surface area (Å²) in [5.41, 5.74) is 2.25. The summed E-state index contributed by atoms with van der Waals surface area (Å²) in [7, 11) is 0. The van der Waals surface area contributed by atoms with E-state index in [1.54, 1.807) is 24.3 Å². The van der Waals surface area contributed by atoms with Crippen LogP contribution in [-0.4, -0.2) is 35.5 Å². The maximum Gasteiger partial charge on any atom is 0.292 e. The number of carbonyl (C=O) groups excluding carboxylic acids is 2. The Kier molecular flexibility index (Phi) is 6.18. The Bertz CT molecular complexity index is 973. The SMILES string of the molecule is Cc1cccc(N2N=C(C(=O)NCCNc3ccccc3[N+](=O)[O-])CCC2=O)c1. The summed E-state index contributed by atoms with van der Waals surface area (Å²) in [6, 6.07) is 13.7. The van der Waals surface area contributed by atoms with E-state index in [2.05, 4.69) is 15.7 Å². The molecule has 150 valence electrons. The van der Waals surface area contributed by atoms with Crippen LogP contribution < -0.4 is 15.6 Å². The Morgan fingerprint density at radius 2 is 1.97 bits per heavy atom. The van der Waals surface area contributed by atoms with Gasteiger partial charge in [0.05, 0.1) is 10.6 Å². The molecule has 9 nitrogen and oxygen atoms in total. The number of nitro groups is 1. The quantitative estimate of drug-likeness (QED) is 0.425. The molecule has 3 rings (SSSR count). The zero-order valence-electron chi connectivity index (χ0n) is 15.9. The third kappa shape index (κ3) is 4.95. The smallest absolute Gasteiger partial charge is 0.292 e. The minimum Gasteiger partial charge on any atom is -0.378 e. The van der Waals surface area contributed by atoms with Crippen LogP contribution in [0.1, 0.15) is 18.4 Å². The van der Waals surface area contributed by atoms with E-state index >= 15 is 0 Å². The second kappa shape index (κ2) is 8.96. The van der Waals surface area contributed by atoms with Gasteiger partial charge >= 0.3 is 0 Å². The van der Waals surface area contributed by atoms with E-state index in [9.17, 15) is 19.7 Å². The first-order chi connectivity index (χ1) is 14.0. The Hall–Kier alpha value is -3.75. The molecule has 0 fully saturated rings. The first-order valence-corrected chi connectivity index (χ1v) is 9.18. The van der Waals surface area contributed by atoms with E-state index in [4.69, 9.17) is 0 Å². The van der Waals surface area contributed by atoms with Crippen LogP contribution >= 0.6 is 0 Å². The fourth-order valence-corrected chi connectivity index (χ4v) is 2.94. The fourth-order valence-electron chi connectivity index (χ4n) is 2.94. The number of amides is 2. The number of rotatable bonds is 7. The molecule has 1 heterocycles. The standard InChI is InChI=1S/C20H21N5O4/c1-14-5-4-6-15(13-14)24-19(26)10-9-17(23-24)20(27)22-12-11-21-16-7-2-3-8-18(16)25(28)29/h2-8,13,21H,9-12H2,1H3,(H,22,27). The number of aryl methyl sites for hydroxylation is 1. The van der Waals surface area contributed by atoms with E-state index in [1.807, 2.05) is 25.1 Å². The van der Waals surface area contributed by atoms with Crippen molar-refractivity contribution < 1.29 is 14.5 Å². The molecule has 0 atom stereocenters. The van der Waals surface area contributed by atoms with Gasteiger partial charge < -0.3 is 10.6 Å². The van der Waals surface area contributed by atoms with Gasteiger partial charge in [-0.3, -0.25) is 19.7 Å². The number of hydrazone groups is 1. The third-order valence-electron chi connectivity index (χ3n) is 4.37. The van der Waals surface area contributed by atoms with Crippen LogP contribution in [0.2, 0.25) is 0 Å². The average Bonchev–Trinajstić information content (AvgIpc) is 2.71. The summed E-state index contributed by atoms with van der Waals surface area (Å²) in [6.07, 6.45) is 0.471. The van der Waals surface area contributed by atoms with Gasteiger partial charge in [0.1, 0.15) is 11.4 Å². The molecule has 0 radical (unpaired) electrons. The van der Waals surface area contributed by atoms with Gasteiger partial charge in [-0.15, -0.1) is 0 Å². The molecular weight excluding hydrogens is 374 g/mol. The van der Waals surface area contributed by atoms with Gasteiger partial charge in [0.2, 0.25) is 5.91 Å². The monoisotopic (exact) mass is 395 g/mol. The van der Waals surface area contributed by atoms with Crippen molar-refractivity contribution in [3.63, 3.8) is 0 Å². The zero-order chi connectivity index (χ0) is 20.8. The molecule has 0 spiro atoms. The topological polar surface area (TPSA) is 117 Å². The van der Waals surface area contributed by atoms with Crippen LogP contribution in [0.15, 0.2) is 53.6 Å². The largest absolute Gasteiger partial charge is 0.378 e. The van der Waals surface area contributed by atoms with Crippen LogP contribution in [-0.2, 0) is 9.59 Å². The van der Waals surface area contributed by atoms with Gasteiger partial charge in [-0.1, -0.05) is 24.3 Å². The summed E-state index contributed by atoms with van der Waals surface area (Å²) in [5.74, 6) is -0.523. The number of benzene rings is 2. The predicted octanol–water partition coefficient (Wildman–Crippen LogP) is 2.61. The molecule has 0 aromatic heterocycles. The number of para-hydroxylation sites is 2. The summed E-state index contributed by atoms with van der Waals surface area (Å²) in [5, 5.41) is 22.2. The first kappa shape index (κ1) is 20.0. The Balaban J connectivity index is 1.58. The summed E-state index contributed by atoms with van der Waals surface area (Å²) >= 11 is 0. The molecule has 1 aliphatic heterocycles. The van der Waals surface area contributed by atoms with Crippen molar-refractivity contribution in [3.05, 3.63) is 64.2 Å². The lowest BCUT2D eigenvalue weighted by Gasteiger charge is -2.23. The molecule has 0 bridgehead atoms. The van der Waals surface area contributed by atoms with Gasteiger partial charge in [-0.25, -0.2) is 5.01 Å². The number of nitrogens with zero attached hydrogens (tertiary/aromatic N) is 3. The minimum absolute atomic E-state index is 0.0252. The van der Waals surface area contributed by atoms with Gasteiger partial charge in [0.15, 0.2) is 0 Å². The lowest BCUT2D eigenvalue weighted by atomic mass is 10.1. The predicted molar refractivity (Wildman–Crippen MR) is 110 cm³/mol. The van der Waals surface area contributed by atoms with Crippen LogP contribution in [0, 0.1) is 17.0 Å². The fraction of sp³-hybridized carbons (Fsp3) is 0.250. The van der Waals surface area contributed by atoms with Crippen LogP contribution in [0.5, 0.6) is 0 Å². The molecule has 0 aliphatic carbocycles. The van der Waals surface area contributed by atoms with Crippen molar-refractivity contribution in [2.75, 3.05) is 23.4 Å². The molecule has 1 aliphatic rings.